The zero-order valence-electron chi connectivity index (χ0n) is 16.1. The first-order valence-electron chi connectivity index (χ1n) is 9.01. The fourth-order valence-corrected chi connectivity index (χ4v) is 3.14. The van der Waals surface area contributed by atoms with E-state index >= 15 is 0 Å². The summed E-state index contributed by atoms with van der Waals surface area (Å²) >= 11 is 0. The third kappa shape index (κ3) is 3.47. The number of hydrogen-bond donors (Lipinski definition) is 1. The highest BCUT2D eigenvalue weighted by Crippen LogP contribution is 2.33. The number of ether oxygens (including phenoxy) is 2. The van der Waals surface area contributed by atoms with E-state index in [1.165, 1.54) is 5.56 Å². The van der Waals surface area contributed by atoms with Crippen LogP contribution in [0.25, 0.3) is 22.3 Å². The van der Waals surface area contributed by atoms with Crippen LogP contribution in [0.2, 0.25) is 0 Å². The molecule has 0 amide bonds. The standard InChI is InChI=1S/C23H21N3O2/c1-15-7-6-8-16(13-15)22-25-19-10-5-4-9-18(19)23(26-22)24-17-11-12-20(27-2)21(14-17)28-3/h4-14H,1-3H3,(H,24,25,26). The highest BCUT2D eigenvalue weighted by atomic mass is 16.5. The Labute approximate surface area is 164 Å². The molecule has 0 fully saturated rings. The number of benzene rings is 3. The van der Waals surface area contributed by atoms with Gasteiger partial charge in [0, 0.05) is 22.7 Å². The zero-order valence-corrected chi connectivity index (χ0v) is 16.1. The number of methoxy groups -OCH3 is 2. The summed E-state index contributed by atoms with van der Waals surface area (Å²) in [5, 5.41) is 4.36. The first-order chi connectivity index (χ1) is 13.7. The summed E-state index contributed by atoms with van der Waals surface area (Å²) in [5.41, 5.74) is 3.90. The van der Waals surface area contributed by atoms with E-state index in [2.05, 4.69) is 24.4 Å². The molecule has 0 aliphatic carbocycles. The molecule has 0 aliphatic heterocycles. The van der Waals surface area contributed by atoms with Gasteiger partial charge in [0.2, 0.25) is 0 Å². The number of rotatable bonds is 5. The van der Waals surface area contributed by atoms with Gasteiger partial charge in [0.05, 0.1) is 19.7 Å². The molecule has 4 aromatic rings. The van der Waals surface area contributed by atoms with Crippen molar-refractivity contribution in [3.63, 3.8) is 0 Å². The molecular formula is C23H21N3O2. The Morgan fingerprint density at radius 3 is 2.39 bits per heavy atom. The lowest BCUT2D eigenvalue weighted by Crippen LogP contribution is -2.00. The Kier molecular flexibility index (Phi) is 4.81. The van der Waals surface area contributed by atoms with Crippen LogP contribution in [0.4, 0.5) is 11.5 Å². The van der Waals surface area contributed by atoms with Gasteiger partial charge in [0.1, 0.15) is 5.82 Å². The molecule has 140 valence electrons. The van der Waals surface area contributed by atoms with Crippen LogP contribution in [0.3, 0.4) is 0 Å². The van der Waals surface area contributed by atoms with Gasteiger partial charge in [-0.1, -0.05) is 35.9 Å². The smallest absolute Gasteiger partial charge is 0.162 e. The largest absolute Gasteiger partial charge is 0.493 e. The van der Waals surface area contributed by atoms with Crippen molar-refractivity contribution in [1.82, 2.24) is 9.97 Å². The average Bonchev–Trinajstić information content (AvgIpc) is 2.73. The van der Waals surface area contributed by atoms with E-state index in [4.69, 9.17) is 19.4 Å². The molecule has 1 heterocycles. The Bertz CT molecular complexity index is 1140. The Morgan fingerprint density at radius 2 is 1.61 bits per heavy atom. The van der Waals surface area contributed by atoms with Gasteiger partial charge in [0.15, 0.2) is 17.3 Å². The maximum atomic E-state index is 5.41. The molecule has 0 radical (unpaired) electrons. The van der Waals surface area contributed by atoms with Crippen LogP contribution >= 0.6 is 0 Å². The maximum Gasteiger partial charge on any atom is 0.162 e. The van der Waals surface area contributed by atoms with Crippen molar-refractivity contribution in [2.24, 2.45) is 0 Å². The molecule has 5 heteroatoms. The monoisotopic (exact) mass is 371 g/mol. The molecule has 5 nitrogen and oxygen atoms in total. The van der Waals surface area contributed by atoms with Crippen LogP contribution in [-0.4, -0.2) is 24.2 Å². The van der Waals surface area contributed by atoms with Crippen molar-refractivity contribution in [3.05, 3.63) is 72.3 Å². The molecule has 1 N–H and O–H groups in total. The van der Waals surface area contributed by atoms with Gasteiger partial charge in [-0.3, -0.25) is 0 Å². The number of aromatic nitrogens is 2. The zero-order chi connectivity index (χ0) is 19.5. The second kappa shape index (κ2) is 7.56. The Morgan fingerprint density at radius 1 is 0.786 bits per heavy atom. The molecule has 0 bridgehead atoms. The summed E-state index contributed by atoms with van der Waals surface area (Å²) in [6.45, 7) is 2.06. The Balaban J connectivity index is 1.82. The van der Waals surface area contributed by atoms with E-state index in [0.29, 0.717) is 17.3 Å². The molecule has 0 unspecified atom stereocenters. The van der Waals surface area contributed by atoms with Gasteiger partial charge in [-0.25, -0.2) is 9.97 Å². The summed E-state index contributed by atoms with van der Waals surface area (Å²) in [7, 11) is 3.24. The maximum absolute atomic E-state index is 5.41. The number of aryl methyl sites for hydroxylation is 1. The van der Waals surface area contributed by atoms with Crippen LogP contribution in [0.1, 0.15) is 5.56 Å². The number of nitrogens with zero attached hydrogens (tertiary/aromatic N) is 2. The minimum atomic E-state index is 0.657. The van der Waals surface area contributed by atoms with Crippen molar-refractivity contribution in [3.8, 4) is 22.9 Å². The lowest BCUT2D eigenvalue weighted by Gasteiger charge is -2.13. The highest BCUT2D eigenvalue weighted by molar-refractivity contribution is 5.92. The number of fused-ring (bicyclic) bond motifs is 1. The predicted molar refractivity (Wildman–Crippen MR) is 113 cm³/mol. The molecule has 28 heavy (non-hydrogen) atoms. The van der Waals surface area contributed by atoms with Gasteiger partial charge < -0.3 is 14.8 Å². The molecule has 0 saturated carbocycles. The number of nitrogens with one attached hydrogen (secondary N) is 1. The van der Waals surface area contributed by atoms with E-state index < -0.39 is 0 Å². The normalized spacial score (nSPS) is 10.7. The van der Waals surface area contributed by atoms with Crippen LogP contribution in [0.15, 0.2) is 66.7 Å². The van der Waals surface area contributed by atoms with Gasteiger partial charge in [-0.05, 0) is 37.3 Å². The van der Waals surface area contributed by atoms with Crippen LogP contribution in [0, 0.1) is 6.92 Å². The summed E-state index contributed by atoms with van der Waals surface area (Å²) in [4.78, 5) is 9.57. The second-order valence-corrected chi connectivity index (χ2v) is 6.48. The third-order valence-corrected chi connectivity index (χ3v) is 4.53. The lowest BCUT2D eigenvalue weighted by atomic mass is 10.1. The van der Waals surface area contributed by atoms with Crippen molar-refractivity contribution >= 4 is 22.4 Å². The molecule has 3 aromatic carbocycles. The summed E-state index contributed by atoms with van der Waals surface area (Å²) in [6.07, 6.45) is 0. The van der Waals surface area contributed by atoms with Crippen molar-refractivity contribution < 1.29 is 9.47 Å². The third-order valence-electron chi connectivity index (χ3n) is 4.53. The molecule has 0 saturated heterocycles. The van der Waals surface area contributed by atoms with Crippen molar-refractivity contribution in [1.29, 1.82) is 0 Å². The van der Waals surface area contributed by atoms with E-state index in [9.17, 15) is 0 Å². The van der Waals surface area contributed by atoms with Crippen molar-refractivity contribution in [2.75, 3.05) is 19.5 Å². The average molecular weight is 371 g/mol. The first-order valence-corrected chi connectivity index (χ1v) is 9.01. The summed E-state index contributed by atoms with van der Waals surface area (Å²) < 4.78 is 10.7. The second-order valence-electron chi connectivity index (χ2n) is 6.48. The van der Waals surface area contributed by atoms with E-state index in [0.717, 1.165) is 28.0 Å². The van der Waals surface area contributed by atoms with Gasteiger partial charge in [0.25, 0.3) is 0 Å². The van der Waals surface area contributed by atoms with Gasteiger partial charge in [-0.2, -0.15) is 0 Å². The minimum absolute atomic E-state index is 0.657. The quantitative estimate of drug-likeness (QED) is 0.511. The lowest BCUT2D eigenvalue weighted by molar-refractivity contribution is 0.355. The Hall–Kier alpha value is -3.60. The van der Waals surface area contributed by atoms with E-state index in [1.807, 2.05) is 54.6 Å². The fourth-order valence-electron chi connectivity index (χ4n) is 3.14. The van der Waals surface area contributed by atoms with Crippen molar-refractivity contribution in [2.45, 2.75) is 6.92 Å². The number of para-hydroxylation sites is 1. The summed E-state index contributed by atoms with van der Waals surface area (Å²) in [5.74, 6) is 2.77. The fraction of sp³-hybridized carbons (Fsp3) is 0.130. The first kappa shape index (κ1) is 17.8. The number of hydrogen-bond acceptors (Lipinski definition) is 5. The minimum Gasteiger partial charge on any atom is -0.493 e. The van der Waals surface area contributed by atoms with E-state index in [-0.39, 0.29) is 0 Å². The molecule has 0 atom stereocenters. The van der Waals surface area contributed by atoms with Crippen LogP contribution < -0.4 is 14.8 Å². The molecular weight excluding hydrogens is 350 g/mol. The number of anilines is 2. The highest BCUT2D eigenvalue weighted by Gasteiger charge is 2.11. The van der Waals surface area contributed by atoms with Crippen LogP contribution in [-0.2, 0) is 0 Å². The SMILES string of the molecule is COc1ccc(Nc2nc(-c3cccc(C)c3)nc3ccccc23)cc1OC. The topological polar surface area (TPSA) is 56.3 Å². The van der Waals surface area contributed by atoms with E-state index in [1.54, 1.807) is 14.2 Å². The molecule has 4 rings (SSSR count). The van der Waals surface area contributed by atoms with Gasteiger partial charge in [-0.15, -0.1) is 0 Å². The summed E-state index contributed by atoms with van der Waals surface area (Å²) in [6, 6.07) is 21.9. The van der Waals surface area contributed by atoms with Crippen LogP contribution in [0.5, 0.6) is 11.5 Å². The molecule has 0 spiro atoms. The molecule has 0 aliphatic rings. The predicted octanol–water partition coefficient (Wildman–Crippen LogP) is 5.37. The van der Waals surface area contributed by atoms with Gasteiger partial charge >= 0.3 is 0 Å². The molecule has 1 aromatic heterocycles.